The average Bonchev–Trinajstić information content (AvgIpc) is 3.05. The Kier molecular flexibility index (Phi) is 9.48. The van der Waals surface area contributed by atoms with Gasteiger partial charge in [-0.15, -0.1) is 0 Å². The molecule has 0 amide bonds. The lowest BCUT2D eigenvalue weighted by Gasteiger charge is -2.46. The second-order valence-corrected chi connectivity index (χ2v) is 14.0. The molecule has 0 radical (unpaired) electrons. The first-order valence-electron chi connectivity index (χ1n) is 16.6. The summed E-state index contributed by atoms with van der Waals surface area (Å²) in [6, 6.07) is 4.20. The van der Waals surface area contributed by atoms with Crippen molar-refractivity contribution < 1.29 is 63.7 Å². The van der Waals surface area contributed by atoms with Gasteiger partial charge in [-0.05, 0) is 60.3 Å². The number of aromatic carboxylic acids is 1. The number of hydrogen-bond donors (Lipinski definition) is 6. The number of nitrogens with zero attached hydrogens (tertiary/aromatic N) is 1. The number of aromatic hydroxyl groups is 1. The zero-order chi connectivity index (χ0) is 37.4. The zero-order valence-electron chi connectivity index (χ0n) is 28.8. The summed E-state index contributed by atoms with van der Waals surface area (Å²) in [5.41, 5.74) is -5.57. The fraction of sp³-hybridized carbons (Fsp3) is 0.500. The molecule has 0 unspecified atom stereocenters. The first-order valence-corrected chi connectivity index (χ1v) is 16.6. The van der Waals surface area contributed by atoms with E-state index >= 15 is 0 Å². The quantitative estimate of drug-likeness (QED) is 0.160. The number of benzene rings is 2. The molecule has 3 aliphatic rings. The number of fused-ring (bicyclic) bond motifs is 4. The van der Waals surface area contributed by atoms with Crippen molar-refractivity contribution in [2.75, 3.05) is 14.1 Å². The highest BCUT2D eigenvalue weighted by molar-refractivity contribution is 6.33. The molecule has 2 aliphatic heterocycles. The largest absolute Gasteiger partial charge is 0.507 e. The molecule has 2 fully saturated rings. The number of likely N-dealkylation sites (N-methyl/N-ethyl adjacent to an activating group) is 1. The van der Waals surface area contributed by atoms with Crippen molar-refractivity contribution in [3.8, 4) is 5.75 Å². The van der Waals surface area contributed by atoms with Crippen LogP contribution in [0.2, 0.25) is 0 Å². The van der Waals surface area contributed by atoms with Gasteiger partial charge < -0.3 is 54.2 Å². The van der Waals surface area contributed by atoms with Gasteiger partial charge in [-0.1, -0.05) is 6.07 Å². The van der Waals surface area contributed by atoms with Crippen molar-refractivity contribution in [1.29, 1.82) is 0 Å². The van der Waals surface area contributed by atoms with E-state index < -0.39 is 117 Å². The van der Waals surface area contributed by atoms with Gasteiger partial charge in [-0.2, -0.15) is 0 Å². The number of phenolic OH excluding ortho intramolecular Hbond substituents is 1. The molecule has 274 valence electrons. The fourth-order valence-corrected chi connectivity index (χ4v) is 7.17. The molecule has 51 heavy (non-hydrogen) atoms. The number of hydrogen-bond acceptors (Lipinski definition) is 14. The summed E-state index contributed by atoms with van der Waals surface area (Å²) in [4.78, 5) is 55.8. The summed E-state index contributed by atoms with van der Waals surface area (Å²) in [6.45, 7) is 5.79. The van der Waals surface area contributed by atoms with Crippen LogP contribution in [0, 0.1) is 0 Å². The SMILES string of the molecule is C[C@@H]1O[C@@H](O[C@@H]2[C@H](C)O[C@@H](c3ccc4c(c3O)C(=O)c3c(cc(C(=O)O)c5c(=O)cc([C@@](C)(O)[C@H](C)O)oc35)C4=O)C[C@@H]2N(C)C)C[C@H](O)[C@@H]1O. The Morgan fingerprint density at radius 2 is 1.69 bits per heavy atom. The van der Waals surface area contributed by atoms with Crippen molar-refractivity contribution in [2.24, 2.45) is 0 Å². The van der Waals surface area contributed by atoms with Gasteiger partial charge in [0.15, 0.2) is 23.1 Å². The van der Waals surface area contributed by atoms with Gasteiger partial charge in [0.05, 0.1) is 52.6 Å². The summed E-state index contributed by atoms with van der Waals surface area (Å²) in [6.07, 6.45) is -6.75. The Balaban J connectivity index is 1.41. The third kappa shape index (κ3) is 6.06. The number of rotatable bonds is 7. The maximum atomic E-state index is 14.3. The fourth-order valence-electron chi connectivity index (χ4n) is 7.17. The Hall–Kier alpha value is -4.06. The number of carbonyl (C=O) groups excluding carboxylic acids is 2. The number of carboxylic acid groups (broad SMARTS) is 1. The van der Waals surface area contributed by atoms with Gasteiger partial charge in [0.2, 0.25) is 5.78 Å². The number of carboxylic acids is 1. The van der Waals surface area contributed by atoms with E-state index in [1.807, 2.05) is 19.0 Å². The molecule has 0 spiro atoms. The second kappa shape index (κ2) is 13.2. The maximum absolute atomic E-state index is 14.3. The molecule has 15 nitrogen and oxygen atoms in total. The summed E-state index contributed by atoms with van der Waals surface area (Å²) in [7, 11) is 3.66. The Morgan fingerprint density at radius 3 is 2.29 bits per heavy atom. The Morgan fingerprint density at radius 1 is 1.00 bits per heavy atom. The van der Waals surface area contributed by atoms with Crippen LogP contribution < -0.4 is 5.43 Å². The van der Waals surface area contributed by atoms with Crippen LogP contribution in [0.15, 0.2) is 33.5 Å². The van der Waals surface area contributed by atoms with E-state index in [-0.39, 0.29) is 35.6 Å². The van der Waals surface area contributed by atoms with Crippen LogP contribution in [0.25, 0.3) is 11.0 Å². The first-order chi connectivity index (χ1) is 23.8. The van der Waals surface area contributed by atoms with Crippen molar-refractivity contribution in [1.82, 2.24) is 4.90 Å². The molecule has 15 heteroatoms. The van der Waals surface area contributed by atoms with Crippen LogP contribution in [0.5, 0.6) is 5.75 Å². The van der Waals surface area contributed by atoms with E-state index in [0.717, 1.165) is 19.1 Å². The molecule has 10 atom stereocenters. The lowest BCUT2D eigenvalue weighted by molar-refractivity contribution is -0.287. The van der Waals surface area contributed by atoms with Crippen LogP contribution in [-0.4, -0.2) is 116 Å². The Bertz CT molecular complexity index is 1970. The maximum Gasteiger partial charge on any atom is 0.336 e. The summed E-state index contributed by atoms with van der Waals surface area (Å²) >= 11 is 0. The number of aliphatic hydroxyl groups excluding tert-OH is 3. The third-order valence-electron chi connectivity index (χ3n) is 10.4. The summed E-state index contributed by atoms with van der Waals surface area (Å²) in [5, 5.41) is 62.6. The van der Waals surface area contributed by atoms with Crippen LogP contribution >= 0.6 is 0 Å². The summed E-state index contributed by atoms with van der Waals surface area (Å²) in [5.74, 6) is -4.35. The van der Waals surface area contributed by atoms with Gasteiger partial charge in [0, 0.05) is 35.2 Å². The highest BCUT2D eigenvalue weighted by Crippen LogP contribution is 2.44. The minimum atomic E-state index is -2.14. The van der Waals surface area contributed by atoms with E-state index in [4.69, 9.17) is 18.6 Å². The molecule has 6 N–H and O–H groups in total. The van der Waals surface area contributed by atoms with Gasteiger partial charge in [-0.3, -0.25) is 14.4 Å². The number of aliphatic hydroxyl groups is 4. The monoisotopic (exact) mass is 711 g/mol. The smallest absolute Gasteiger partial charge is 0.336 e. The molecule has 6 rings (SSSR count). The van der Waals surface area contributed by atoms with E-state index in [0.29, 0.717) is 0 Å². The number of carbonyl (C=O) groups is 3. The topological polar surface area (TPSA) is 234 Å². The first kappa shape index (κ1) is 36.7. The highest BCUT2D eigenvalue weighted by Gasteiger charge is 2.45. The van der Waals surface area contributed by atoms with Gasteiger partial charge in [0.1, 0.15) is 29.3 Å². The van der Waals surface area contributed by atoms with E-state index in [1.165, 1.54) is 19.1 Å². The standard InChI is InChI=1S/C36H41NO14/c1-13-29(41)22(40)12-25(49-13)51-33-14(2)48-23(10-20(33)37(5)6)16-7-8-17-27(31(16)43)32(44)28-18(30(17)42)9-19(35(45)46)26-21(39)11-24(50-34(26)28)36(4,47)15(3)38/h7-9,11,13-15,20,22-23,25,29,33,38,40-41,43,47H,10,12H2,1-6H3,(H,45,46)/t13-,14-,15-,20-,22-,23+,25-,29+,33+,36-/m0/s1. The van der Waals surface area contributed by atoms with E-state index in [1.54, 1.807) is 13.8 Å². The molecular weight excluding hydrogens is 670 g/mol. The van der Waals surface area contributed by atoms with Gasteiger partial charge >= 0.3 is 5.97 Å². The zero-order valence-corrected chi connectivity index (χ0v) is 28.8. The Labute approximate surface area is 291 Å². The lowest BCUT2D eigenvalue weighted by Crippen LogP contribution is -2.55. The predicted octanol–water partition coefficient (Wildman–Crippen LogP) is 1.58. The van der Waals surface area contributed by atoms with Crippen LogP contribution in [0.3, 0.4) is 0 Å². The van der Waals surface area contributed by atoms with Crippen molar-refractivity contribution in [3.05, 3.63) is 73.6 Å². The molecule has 3 heterocycles. The van der Waals surface area contributed by atoms with E-state index in [2.05, 4.69) is 0 Å². The molecule has 0 bridgehead atoms. The molecule has 1 aliphatic carbocycles. The van der Waals surface area contributed by atoms with Gasteiger partial charge in [-0.25, -0.2) is 4.79 Å². The molecule has 2 aromatic carbocycles. The van der Waals surface area contributed by atoms with Crippen LogP contribution in [0.1, 0.15) is 100 Å². The molecule has 1 aromatic heterocycles. The third-order valence-corrected chi connectivity index (χ3v) is 10.4. The molecule has 3 aromatic rings. The molecule has 0 saturated carbocycles. The molecular formula is C36H41NO14. The van der Waals surface area contributed by atoms with Gasteiger partial charge in [0.25, 0.3) is 0 Å². The average molecular weight is 712 g/mol. The lowest BCUT2D eigenvalue weighted by atomic mass is 9.79. The normalized spacial score (nSPS) is 29.8. The second-order valence-electron chi connectivity index (χ2n) is 14.0. The van der Waals surface area contributed by atoms with Crippen LogP contribution in [-0.2, 0) is 19.8 Å². The summed E-state index contributed by atoms with van der Waals surface area (Å²) < 4.78 is 24.2. The minimum Gasteiger partial charge on any atom is -0.507 e. The van der Waals surface area contributed by atoms with Crippen LogP contribution in [0.4, 0.5) is 0 Å². The highest BCUT2D eigenvalue weighted by atomic mass is 16.7. The van der Waals surface area contributed by atoms with E-state index in [9.17, 15) is 49.8 Å². The minimum absolute atomic E-state index is 0.0440. The van der Waals surface area contributed by atoms with Crippen molar-refractivity contribution >= 4 is 28.5 Å². The number of ketones is 2. The molecule has 2 saturated heterocycles. The number of phenols is 1. The van der Waals surface area contributed by atoms with Crippen molar-refractivity contribution in [2.45, 2.75) is 101 Å². The number of ether oxygens (including phenoxy) is 3. The van der Waals surface area contributed by atoms with Crippen molar-refractivity contribution in [3.63, 3.8) is 0 Å². The predicted molar refractivity (Wildman–Crippen MR) is 177 cm³/mol.